The average Bonchev–Trinajstić information content (AvgIpc) is 2.35. The van der Waals surface area contributed by atoms with Crippen molar-refractivity contribution in [2.24, 2.45) is 0 Å². The van der Waals surface area contributed by atoms with Crippen molar-refractivity contribution in [3.05, 3.63) is 34.9 Å². The number of aromatic carboxylic acids is 2. The molecule has 1 aromatic rings. The number of ether oxygens (including phenoxy) is 1. The Kier molecular flexibility index (Phi) is 5.66. The van der Waals surface area contributed by atoms with Crippen LogP contribution in [0.25, 0.3) is 0 Å². The summed E-state index contributed by atoms with van der Waals surface area (Å²) >= 11 is 0. The molecule has 0 fully saturated rings. The van der Waals surface area contributed by atoms with Gasteiger partial charge in [0.05, 0.1) is 29.9 Å². The van der Waals surface area contributed by atoms with Gasteiger partial charge in [0.25, 0.3) is 0 Å². The smallest absolute Gasteiger partial charge is 0.335 e. The summed E-state index contributed by atoms with van der Waals surface area (Å²) in [6.07, 6.45) is -0.677. The van der Waals surface area contributed by atoms with E-state index in [2.05, 4.69) is 0 Å². The minimum atomic E-state index is -1.11. The normalized spacial score (nSPS) is 13.8. The molecule has 0 saturated carbocycles. The molecule has 2 unspecified atom stereocenters. The summed E-state index contributed by atoms with van der Waals surface area (Å²) in [4.78, 5) is 22.0. The highest BCUT2D eigenvalue weighted by Gasteiger charge is 2.16. The number of rotatable bonds is 7. The highest BCUT2D eigenvalue weighted by molar-refractivity contribution is 5.93. The van der Waals surface area contributed by atoms with Crippen molar-refractivity contribution in [2.75, 3.05) is 6.61 Å². The zero-order valence-corrected chi connectivity index (χ0v) is 11.4. The Morgan fingerprint density at radius 3 is 2.35 bits per heavy atom. The molecular weight excluding hydrogens is 264 g/mol. The molecule has 0 spiro atoms. The van der Waals surface area contributed by atoms with Gasteiger partial charge >= 0.3 is 11.9 Å². The lowest BCUT2D eigenvalue weighted by Gasteiger charge is -2.16. The maximum atomic E-state index is 11.1. The molecular formula is C14H18O6. The van der Waals surface area contributed by atoms with Crippen LogP contribution < -0.4 is 0 Å². The van der Waals surface area contributed by atoms with Gasteiger partial charge in [0.15, 0.2) is 0 Å². The summed E-state index contributed by atoms with van der Waals surface area (Å²) in [6, 6.07) is 3.88. The van der Waals surface area contributed by atoms with Crippen molar-refractivity contribution in [1.29, 1.82) is 0 Å². The van der Waals surface area contributed by atoms with E-state index < -0.39 is 18.0 Å². The highest BCUT2D eigenvalue weighted by Crippen LogP contribution is 2.16. The molecule has 6 heteroatoms. The summed E-state index contributed by atoms with van der Waals surface area (Å²) in [7, 11) is 0. The summed E-state index contributed by atoms with van der Waals surface area (Å²) in [5, 5.41) is 27.2. The monoisotopic (exact) mass is 282 g/mol. The van der Waals surface area contributed by atoms with Crippen LogP contribution in [0.4, 0.5) is 0 Å². The molecule has 0 bridgehead atoms. The first kappa shape index (κ1) is 16.1. The SMILES string of the molecule is CC(O)COC(C)Cc1cc(C(=O)O)ccc1C(=O)O. The van der Waals surface area contributed by atoms with Crippen LogP contribution in [0.15, 0.2) is 18.2 Å². The fraction of sp³-hybridized carbons (Fsp3) is 0.429. The van der Waals surface area contributed by atoms with Crippen LogP contribution in [0.1, 0.15) is 40.1 Å². The van der Waals surface area contributed by atoms with Crippen molar-refractivity contribution in [3.63, 3.8) is 0 Å². The van der Waals surface area contributed by atoms with E-state index in [1.165, 1.54) is 18.2 Å². The summed E-state index contributed by atoms with van der Waals surface area (Å²) in [5.74, 6) is -2.22. The molecule has 0 amide bonds. The number of carboxylic acids is 2. The lowest BCUT2D eigenvalue weighted by Crippen LogP contribution is -2.20. The number of hydrogen-bond acceptors (Lipinski definition) is 4. The van der Waals surface area contributed by atoms with Gasteiger partial charge in [-0.2, -0.15) is 0 Å². The largest absolute Gasteiger partial charge is 0.478 e. The molecule has 0 aliphatic rings. The third kappa shape index (κ3) is 4.64. The first-order chi connectivity index (χ1) is 9.31. The number of hydrogen-bond donors (Lipinski definition) is 3. The van der Waals surface area contributed by atoms with Gasteiger partial charge in [0.1, 0.15) is 0 Å². The van der Waals surface area contributed by atoms with Crippen LogP contribution in [0.5, 0.6) is 0 Å². The van der Waals surface area contributed by atoms with E-state index in [-0.39, 0.29) is 30.3 Å². The minimum absolute atomic E-state index is 0.0349. The van der Waals surface area contributed by atoms with Crippen LogP contribution in [-0.2, 0) is 11.2 Å². The molecule has 0 radical (unpaired) electrons. The summed E-state index contributed by atoms with van der Waals surface area (Å²) < 4.78 is 5.35. The Hall–Kier alpha value is -1.92. The van der Waals surface area contributed by atoms with Crippen molar-refractivity contribution < 1.29 is 29.6 Å². The Morgan fingerprint density at radius 2 is 1.85 bits per heavy atom. The second-order valence-corrected chi connectivity index (χ2v) is 4.68. The first-order valence-electron chi connectivity index (χ1n) is 6.20. The fourth-order valence-electron chi connectivity index (χ4n) is 1.78. The van der Waals surface area contributed by atoms with E-state index in [1.807, 2.05) is 0 Å². The van der Waals surface area contributed by atoms with Crippen LogP contribution >= 0.6 is 0 Å². The van der Waals surface area contributed by atoms with Gasteiger partial charge in [0.2, 0.25) is 0 Å². The van der Waals surface area contributed by atoms with Gasteiger partial charge in [-0.25, -0.2) is 9.59 Å². The molecule has 0 aromatic heterocycles. The standard InChI is InChI=1S/C14H18O6/c1-8(15)7-20-9(2)5-11-6-10(13(16)17)3-4-12(11)14(18)19/h3-4,6,8-9,15H,5,7H2,1-2H3,(H,16,17)(H,18,19). The quantitative estimate of drug-likeness (QED) is 0.698. The molecule has 20 heavy (non-hydrogen) atoms. The third-order valence-electron chi connectivity index (χ3n) is 2.71. The fourth-order valence-corrected chi connectivity index (χ4v) is 1.78. The van der Waals surface area contributed by atoms with Crippen LogP contribution in [-0.4, -0.2) is 46.1 Å². The predicted octanol–water partition coefficient (Wildman–Crippen LogP) is 1.41. The average molecular weight is 282 g/mol. The van der Waals surface area contributed by atoms with E-state index >= 15 is 0 Å². The van der Waals surface area contributed by atoms with Crippen LogP contribution in [0, 0.1) is 0 Å². The third-order valence-corrected chi connectivity index (χ3v) is 2.71. The number of benzene rings is 1. The summed E-state index contributed by atoms with van der Waals surface area (Å²) in [6.45, 7) is 3.46. The van der Waals surface area contributed by atoms with Crippen LogP contribution in [0.3, 0.4) is 0 Å². The van der Waals surface area contributed by atoms with Gasteiger partial charge < -0.3 is 20.1 Å². The topological polar surface area (TPSA) is 104 Å². The second-order valence-electron chi connectivity index (χ2n) is 4.68. The van der Waals surface area contributed by atoms with Crippen molar-refractivity contribution in [2.45, 2.75) is 32.5 Å². The molecule has 0 aliphatic carbocycles. The van der Waals surface area contributed by atoms with E-state index in [0.717, 1.165) is 0 Å². The van der Waals surface area contributed by atoms with Crippen molar-refractivity contribution in [1.82, 2.24) is 0 Å². The number of carbonyl (C=O) groups is 2. The Morgan fingerprint density at radius 1 is 1.20 bits per heavy atom. The molecule has 2 atom stereocenters. The number of aliphatic hydroxyl groups excluding tert-OH is 1. The highest BCUT2D eigenvalue weighted by atomic mass is 16.5. The lowest BCUT2D eigenvalue weighted by molar-refractivity contribution is 0.00571. The van der Waals surface area contributed by atoms with Crippen molar-refractivity contribution in [3.8, 4) is 0 Å². The number of aliphatic hydroxyl groups is 1. The van der Waals surface area contributed by atoms with Gasteiger partial charge in [-0.3, -0.25) is 0 Å². The molecule has 110 valence electrons. The lowest BCUT2D eigenvalue weighted by atomic mass is 9.99. The molecule has 0 aliphatic heterocycles. The van der Waals surface area contributed by atoms with Crippen LogP contribution in [0.2, 0.25) is 0 Å². The van der Waals surface area contributed by atoms with E-state index in [1.54, 1.807) is 13.8 Å². The summed E-state index contributed by atoms with van der Waals surface area (Å²) in [5.41, 5.74) is 0.491. The maximum absolute atomic E-state index is 11.1. The molecule has 0 heterocycles. The molecule has 3 N–H and O–H groups in total. The minimum Gasteiger partial charge on any atom is -0.478 e. The molecule has 0 saturated heterocycles. The van der Waals surface area contributed by atoms with E-state index in [0.29, 0.717) is 5.56 Å². The van der Waals surface area contributed by atoms with E-state index in [9.17, 15) is 9.59 Å². The van der Waals surface area contributed by atoms with Crippen molar-refractivity contribution >= 4 is 11.9 Å². The van der Waals surface area contributed by atoms with Gasteiger partial charge in [-0.1, -0.05) is 0 Å². The first-order valence-corrected chi connectivity index (χ1v) is 6.20. The van der Waals surface area contributed by atoms with E-state index in [4.69, 9.17) is 20.1 Å². The Balaban J connectivity index is 2.92. The maximum Gasteiger partial charge on any atom is 0.335 e. The van der Waals surface area contributed by atoms with Gasteiger partial charge in [-0.05, 0) is 44.0 Å². The van der Waals surface area contributed by atoms with Gasteiger partial charge in [0, 0.05) is 0 Å². The zero-order chi connectivity index (χ0) is 15.3. The molecule has 1 aromatic carbocycles. The predicted molar refractivity (Wildman–Crippen MR) is 71.2 cm³/mol. The van der Waals surface area contributed by atoms with Gasteiger partial charge in [-0.15, -0.1) is 0 Å². The molecule has 6 nitrogen and oxygen atoms in total. The number of carboxylic acid groups (broad SMARTS) is 2. The molecule has 1 rings (SSSR count). The zero-order valence-electron chi connectivity index (χ0n) is 11.4. The Labute approximate surface area is 116 Å². The second kappa shape index (κ2) is 7.02. The Bertz CT molecular complexity index is 494.